The number of benzene rings is 1. The molecule has 0 unspecified atom stereocenters. The number of nitrogens with one attached hydrogen (secondary N) is 2. The maximum absolute atomic E-state index is 11.9. The number of aromatic hydroxyl groups is 1. The van der Waals surface area contributed by atoms with Crippen LogP contribution in [0.3, 0.4) is 0 Å². The number of aromatic amines is 1. The topological polar surface area (TPSA) is 91.4 Å². The molecule has 0 aliphatic rings. The van der Waals surface area contributed by atoms with Gasteiger partial charge in [-0.2, -0.15) is 0 Å². The van der Waals surface area contributed by atoms with E-state index in [-0.39, 0.29) is 11.4 Å². The molecule has 0 saturated heterocycles. The zero-order valence-electron chi connectivity index (χ0n) is 10.1. The number of H-pyrrole nitrogens is 1. The molecule has 0 saturated carbocycles. The van der Waals surface area contributed by atoms with Crippen molar-refractivity contribution in [1.82, 2.24) is 4.98 Å². The predicted molar refractivity (Wildman–Crippen MR) is 69.7 cm³/mol. The van der Waals surface area contributed by atoms with Crippen LogP contribution in [-0.4, -0.2) is 23.1 Å². The summed E-state index contributed by atoms with van der Waals surface area (Å²) >= 11 is 0. The molecule has 0 spiro atoms. The number of hydrogen-bond acceptors (Lipinski definition) is 4. The van der Waals surface area contributed by atoms with Gasteiger partial charge in [-0.3, -0.25) is 14.6 Å². The maximum atomic E-state index is 11.9. The Morgan fingerprint density at radius 1 is 1.26 bits per heavy atom. The molecule has 98 valence electrons. The third-order valence-electron chi connectivity index (χ3n) is 2.44. The van der Waals surface area contributed by atoms with E-state index in [0.717, 1.165) is 6.07 Å². The van der Waals surface area contributed by atoms with Gasteiger partial charge in [-0.15, -0.1) is 0 Å². The molecule has 0 bridgehead atoms. The minimum absolute atomic E-state index is 0.0806. The number of ether oxygens (including phenoxy) is 1. The van der Waals surface area contributed by atoms with Crippen LogP contribution < -0.4 is 15.6 Å². The highest BCUT2D eigenvalue weighted by Gasteiger charge is 2.08. The van der Waals surface area contributed by atoms with Gasteiger partial charge >= 0.3 is 0 Å². The number of hydrogen-bond donors (Lipinski definition) is 3. The molecule has 0 aliphatic carbocycles. The molecule has 19 heavy (non-hydrogen) atoms. The fourth-order valence-electron chi connectivity index (χ4n) is 1.54. The van der Waals surface area contributed by atoms with E-state index in [4.69, 9.17) is 4.74 Å². The van der Waals surface area contributed by atoms with Crippen LogP contribution >= 0.6 is 0 Å². The molecule has 1 aromatic carbocycles. The molecule has 0 fully saturated rings. The van der Waals surface area contributed by atoms with Gasteiger partial charge in [-0.05, 0) is 24.3 Å². The van der Waals surface area contributed by atoms with Crippen molar-refractivity contribution in [1.29, 1.82) is 0 Å². The van der Waals surface area contributed by atoms with E-state index in [1.54, 1.807) is 31.4 Å². The van der Waals surface area contributed by atoms with Gasteiger partial charge in [-0.25, -0.2) is 0 Å². The Kier molecular flexibility index (Phi) is 3.51. The van der Waals surface area contributed by atoms with Gasteiger partial charge in [0.15, 0.2) is 5.88 Å². The molecule has 1 amide bonds. The minimum atomic E-state index is -0.542. The number of carbonyl (C=O) groups is 1. The Morgan fingerprint density at radius 2 is 1.95 bits per heavy atom. The number of rotatable bonds is 3. The Morgan fingerprint density at radius 3 is 2.53 bits per heavy atom. The first-order chi connectivity index (χ1) is 9.08. The number of methoxy groups -OCH3 is 1. The lowest BCUT2D eigenvalue weighted by molar-refractivity contribution is 0.102. The van der Waals surface area contributed by atoms with Crippen LogP contribution in [0.1, 0.15) is 10.4 Å². The SMILES string of the molecule is COc1ccc(NC(=O)c2cc(O)[nH]c(=O)c2)cc1. The number of anilines is 1. The highest BCUT2D eigenvalue weighted by atomic mass is 16.5. The second-order valence-corrected chi connectivity index (χ2v) is 3.80. The van der Waals surface area contributed by atoms with Crippen molar-refractivity contribution in [3.8, 4) is 11.6 Å². The molecule has 1 heterocycles. The summed E-state index contributed by atoms with van der Waals surface area (Å²) in [5, 5.41) is 11.8. The van der Waals surface area contributed by atoms with Gasteiger partial charge in [-0.1, -0.05) is 0 Å². The number of aromatic nitrogens is 1. The quantitative estimate of drug-likeness (QED) is 0.776. The van der Waals surface area contributed by atoms with Gasteiger partial charge in [0.05, 0.1) is 12.7 Å². The zero-order chi connectivity index (χ0) is 13.8. The highest BCUT2D eigenvalue weighted by Crippen LogP contribution is 2.16. The molecule has 6 nitrogen and oxygen atoms in total. The fourth-order valence-corrected chi connectivity index (χ4v) is 1.54. The first-order valence-electron chi connectivity index (χ1n) is 5.47. The smallest absolute Gasteiger partial charge is 0.256 e. The van der Waals surface area contributed by atoms with Crippen LogP contribution in [0.5, 0.6) is 11.6 Å². The number of carbonyl (C=O) groups excluding carboxylic acids is 1. The summed E-state index contributed by atoms with van der Waals surface area (Å²) in [7, 11) is 1.55. The van der Waals surface area contributed by atoms with Gasteiger partial charge in [0.2, 0.25) is 0 Å². The lowest BCUT2D eigenvalue weighted by Crippen LogP contribution is -2.15. The summed E-state index contributed by atoms with van der Waals surface area (Å²) in [6.45, 7) is 0. The second kappa shape index (κ2) is 5.26. The molecule has 2 rings (SSSR count). The van der Waals surface area contributed by atoms with E-state index in [2.05, 4.69) is 10.3 Å². The zero-order valence-corrected chi connectivity index (χ0v) is 10.1. The third-order valence-corrected chi connectivity index (χ3v) is 2.44. The van der Waals surface area contributed by atoms with Crippen molar-refractivity contribution in [3.05, 3.63) is 52.3 Å². The molecule has 3 N–H and O–H groups in total. The number of pyridine rings is 1. The van der Waals surface area contributed by atoms with Gasteiger partial charge in [0, 0.05) is 17.8 Å². The normalized spacial score (nSPS) is 9.95. The van der Waals surface area contributed by atoms with Crippen molar-refractivity contribution in [2.75, 3.05) is 12.4 Å². The van der Waals surface area contributed by atoms with Crippen LogP contribution in [0.15, 0.2) is 41.2 Å². The van der Waals surface area contributed by atoms with Crippen molar-refractivity contribution < 1.29 is 14.6 Å². The van der Waals surface area contributed by atoms with E-state index in [1.165, 1.54) is 6.07 Å². The molecule has 1 aromatic heterocycles. The average Bonchev–Trinajstić information content (AvgIpc) is 2.38. The van der Waals surface area contributed by atoms with Crippen LogP contribution in [0, 0.1) is 0 Å². The van der Waals surface area contributed by atoms with Gasteiger partial charge < -0.3 is 15.2 Å². The third kappa shape index (κ3) is 3.12. The van der Waals surface area contributed by atoms with Crippen molar-refractivity contribution in [2.45, 2.75) is 0 Å². The van der Waals surface area contributed by atoms with Crippen LogP contribution in [0.4, 0.5) is 5.69 Å². The summed E-state index contributed by atoms with van der Waals surface area (Å²) in [6, 6.07) is 9.03. The maximum Gasteiger partial charge on any atom is 0.256 e. The molecule has 6 heteroatoms. The van der Waals surface area contributed by atoms with Crippen molar-refractivity contribution in [3.63, 3.8) is 0 Å². The summed E-state index contributed by atoms with van der Waals surface area (Å²) in [5.41, 5.74) is 0.0996. The van der Waals surface area contributed by atoms with Crippen molar-refractivity contribution >= 4 is 11.6 Å². The monoisotopic (exact) mass is 260 g/mol. The average molecular weight is 260 g/mol. The molecule has 0 radical (unpaired) electrons. The lowest BCUT2D eigenvalue weighted by atomic mass is 10.2. The summed E-state index contributed by atoms with van der Waals surface area (Å²) in [6.07, 6.45) is 0. The van der Waals surface area contributed by atoms with E-state index >= 15 is 0 Å². The lowest BCUT2D eigenvalue weighted by Gasteiger charge is -2.06. The molecular formula is C13H12N2O4. The summed E-state index contributed by atoms with van der Waals surface area (Å²) in [5.74, 6) is -0.161. The van der Waals surface area contributed by atoms with E-state index < -0.39 is 11.5 Å². The van der Waals surface area contributed by atoms with E-state index in [9.17, 15) is 14.7 Å². The molecule has 2 aromatic rings. The Balaban J connectivity index is 2.17. The fraction of sp³-hybridized carbons (Fsp3) is 0.0769. The van der Waals surface area contributed by atoms with Crippen molar-refractivity contribution in [2.24, 2.45) is 0 Å². The molecule has 0 aliphatic heterocycles. The van der Waals surface area contributed by atoms with Crippen LogP contribution in [0.2, 0.25) is 0 Å². The Bertz CT molecular complexity index is 646. The van der Waals surface area contributed by atoms with Gasteiger partial charge in [0.1, 0.15) is 5.75 Å². The largest absolute Gasteiger partial charge is 0.497 e. The van der Waals surface area contributed by atoms with Gasteiger partial charge in [0.25, 0.3) is 11.5 Å². The highest BCUT2D eigenvalue weighted by molar-refractivity contribution is 6.04. The first-order valence-corrected chi connectivity index (χ1v) is 5.47. The Hall–Kier alpha value is -2.76. The van der Waals surface area contributed by atoms with Crippen LogP contribution in [0.25, 0.3) is 0 Å². The second-order valence-electron chi connectivity index (χ2n) is 3.80. The standard InChI is InChI=1S/C13H12N2O4/c1-19-10-4-2-9(3-5-10)14-13(18)8-6-11(16)15-12(17)7-8/h2-7H,1H3,(H,14,18)(H2,15,16,17). The Labute approximate surface area is 108 Å². The van der Waals surface area contributed by atoms with Crippen LogP contribution in [-0.2, 0) is 0 Å². The van der Waals surface area contributed by atoms with E-state index in [1.807, 2.05) is 0 Å². The predicted octanol–water partition coefficient (Wildman–Crippen LogP) is 1.34. The minimum Gasteiger partial charge on any atom is -0.497 e. The number of amides is 1. The first kappa shape index (κ1) is 12.7. The summed E-state index contributed by atoms with van der Waals surface area (Å²) in [4.78, 5) is 25.2. The summed E-state index contributed by atoms with van der Waals surface area (Å²) < 4.78 is 5.00. The van der Waals surface area contributed by atoms with E-state index in [0.29, 0.717) is 11.4 Å². The molecular weight excluding hydrogens is 248 g/mol. The molecule has 0 atom stereocenters.